The molecule has 1 N–H and O–H groups in total. The highest BCUT2D eigenvalue weighted by Gasteiger charge is 2.14. The van der Waals surface area contributed by atoms with Gasteiger partial charge in [-0.3, -0.25) is 4.79 Å². The van der Waals surface area contributed by atoms with Crippen molar-refractivity contribution in [3.8, 4) is 0 Å². The van der Waals surface area contributed by atoms with Gasteiger partial charge in [-0.2, -0.15) is 0 Å². The Morgan fingerprint density at radius 2 is 1.45 bits per heavy atom. The lowest BCUT2D eigenvalue weighted by molar-refractivity contribution is -0.115. The molecule has 0 bridgehead atoms. The number of benzene rings is 2. The summed E-state index contributed by atoms with van der Waals surface area (Å²) in [7, 11) is 0. The predicted octanol–water partition coefficient (Wildman–Crippen LogP) is 4.42. The van der Waals surface area contributed by atoms with Crippen molar-refractivity contribution in [1.82, 2.24) is 0 Å². The molecular formula is C17H19NOS. The van der Waals surface area contributed by atoms with E-state index >= 15 is 0 Å². The highest BCUT2D eigenvalue weighted by atomic mass is 32.2. The average Bonchev–Trinajstić information content (AvgIpc) is 2.44. The van der Waals surface area contributed by atoms with Crippen molar-refractivity contribution in [2.24, 2.45) is 0 Å². The highest BCUT2D eigenvalue weighted by molar-refractivity contribution is 8.00. The standard InChI is InChI=1S/C17H19NOS/c1-12-4-8-15(9-5-12)18-17(19)14(3)20-16-10-6-13(2)7-11-16/h4-11,14H,1-3H3,(H,18,19)/t14-/m0/s1. The number of hydrogen-bond donors (Lipinski definition) is 1. The van der Waals surface area contributed by atoms with E-state index < -0.39 is 0 Å². The molecule has 0 fully saturated rings. The van der Waals surface area contributed by atoms with Gasteiger partial charge in [-0.25, -0.2) is 0 Å². The van der Waals surface area contributed by atoms with E-state index in [1.807, 2.05) is 38.1 Å². The maximum absolute atomic E-state index is 12.1. The largest absolute Gasteiger partial charge is 0.325 e. The van der Waals surface area contributed by atoms with Gasteiger partial charge in [0.05, 0.1) is 5.25 Å². The fourth-order valence-corrected chi connectivity index (χ4v) is 2.62. The van der Waals surface area contributed by atoms with Gasteiger partial charge < -0.3 is 5.32 Å². The van der Waals surface area contributed by atoms with Crippen LogP contribution in [0.15, 0.2) is 53.4 Å². The average molecular weight is 285 g/mol. The molecule has 0 saturated carbocycles. The predicted molar refractivity (Wildman–Crippen MR) is 86.3 cm³/mol. The van der Waals surface area contributed by atoms with Crippen LogP contribution in [0.25, 0.3) is 0 Å². The molecule has 104 valence electrons. The molecular weight excluding hydrogens is 266 g/mol. The number of anilines is 1. The van der Waals surface area contributed by atoms with Crippen molar-refractivity contribution in [2.75, 3.05) is 5.32 Å². The molecule has 0 radical (unpaired) electrons. The Labute approximate surface area is 124 Å². The molecule has 20 heavy (non-hydrogen) atoms. The minimum atomic E-state index is -0.126. The third-order valence-electron chi connectivity index (χ3n) is 3.02. The number of carbonyl (C=O) groups excluding carboxylic acids is 1. The van der Waals surface area contributed by atoms with Gasteiger partial charge in [-0.1, -0.05) is 35.4 Å². The Hall–Kier alpha value is -1.74. The van der Waals surface area contributed by atoms with Crippen LogP contribution in [-0.2, 0) is 4.79 Å². The normalized spacial score (nSPS) is 11.9. The molecule has 2 nitrogen and oxygen atoms in total. The highest BCUT2D eigenvalue weighted by Crippen LogP contribution is 2.24. The smallest absolute Gasteiger partial charge is 0.237 e. The third kappa shape index (κ3) is 4.14. The van der Waals surface area contributed by atoms with Crippen LogP contribution in [-0.4, -0.2) is 11.2 Å². The fourth-order valence-electron chi connectivity index (χ4n) is 1.76. The summed E-state index contributed by atoms with van der Waals surface area (Å²) in [6.07, 6.45) is 0. The minimum Gasteiger partial charge on any atom is -0.325 e. The van der Waals surface area contributed by atoms with Gasteiger partial charge in [-0.05, 0) is 45.0 Å². The van der Waals surface area contributed by atoms with E-state index in [1.165, 1.54) is 11.1 Å². The number of thioether (sulfide) groups is 1. The van der Waals surface area contributed by atoms with Crippen LogP contribution in [0.3, 0.4) is 0 Å². The first-order chi connectivity index (χ1) is 9.54. The van der Waals surface area contributed by atoms with Crippen LogP contribution >= 0.6 is 11.8 Å². The molecule has 0 heterocycles. The van der Waals surface area contributed by atoms with Crippen LogP contribution < -0.4 is 5.32 Å². The monoisotopic (exact) mass is 285 g/mol. The summed E-state index contributed by atoms with van der Waals surface area (Å²) in [6.45, 7) is 6.01. The number of rotatable bonds is 4. The maximum Gasteiger partial charge on any atom is 0.237 e. The molecule has 1 atom stereocenters. The van der Waals surface area contributed by atoms with E-state index in [0.717, 1.165) is 10.6 Å². The first kappa shape index (κ1) is 14.7. The Bertz CT molecular complexity index is 575. The van der Waals surface area contributed by atoms with Crippen LogP contribution in [0.4, 0.5) is 5.69 Å². The van der Waals surface area contributed by atoms with Crippen molar-refractivity contribution >= 4 is 23.4 Å². The summed E-state index contributed by atoms with van der Waals surface area (Å²) in [5, 5.41) is 2.81. The first-order valence-corrected chi connectivity index (χ1v) is 7.53. The van der Waals surface area contributed by atoms with Crippen LogP contribution in [0.5, 0.6) is 0 Å². The number of hydrogen-bond acceptors (Lipinski definition) is 2. The second-order valence-electron chi connectivity index (χ2n) is 4.93. The molecule has 3 heteroatoms. The Morgan fingerprint density at radius 1 is 0.950 bits per heavy atom. The summed E-state index contributed by atoms with van der Waals surface area (Å²) in [5.74, 6) is 0.0272. The van der Waals surface area contributed by atoms with Gasteiger partial charge in [0.15, 0.2) is 0 Å². The van der Waals surface area contributed by atoms with E-state index in [4.69, 9.17) is 0 Å². The summed E-state index contributed by atoms with van der Waals surface area (Å²) in [6, 6.07) is 16.1. The molecule has 0 aliphatic carbocycles. The van der Waals surface area contributed by atoms with E-state index in [1.54, 1.807) is 11.8 Å². The lowest BCUT2D eigenvalue weighted by Gasteiger charge is -2.12. The molecule has 0 aliphatic rings. The third-order valence-corrected chi connectivity index (χ3v) is 4.13. The van der Waals surface area contributed by atoms with Crippen molar-refractivity contribution in [2.45, 2.75) is 30.9 Å². The first-order valence-electron chi connectivity index (χ1n) is 6.65. The van der Waals surface area contributed by atoms with Crippen molar-refractivity contribution in [1.29, 1.82) is 0 Å². The molecule has 0 aliphatic heterocycles. The van der Waals surface area contributed by atoms with E-state index in [9.17, 15) is 4.79 Å². The van der Waals surface area contributed by atoms with Crippen LogP contribution in [0.1, 0.15) is 18.1 Å². The van der Waals surface area contributed by atoms with Crippen LogP contribution in [0.2, 0.25) is 0 Å². The molecule has 1 amide bonds. The lowest BCUT2D eigenvalue weighted by Crippen LogP contribution is -2.22. The van der Waals surface area contributed by atoms with Crippen LogP contribution in [0, 0.1) is 13.8 Å². The van der Waals surface area contributed by atoms with Gasteiger partial charge in [0.25, 0.3) is 0 Å². The number of aryl methyl sites for hydroxylation is 2. The SMILES string of the molecule is Cc1ccc(NC(=O)[C@H](C)Sc2ccc(C)cc2)cc1. The Morgan fingerprint density at radius 3 is 2.00 bits per heavy atom. The van der Waals surface area contributed by atoms with Gasteiger partial charge in [0.1, 0.15) is 0 Å². The molecule has 2 rings (SSSR count). The fraction of sp³-hybridized carbons (Fsp3) is 0.235. The molecule has 0 unspecified atom stereocenters. The second kappa shape index (κ2) is 6.62. The zero-order valence-electron chi connectivity index (χ0n) is 12.0. The maximum atomic E-state index is 12.1. The Kier molecular flexibility index (Phi) is 4.85. The van der Waals surface area contributed by atoms with Gasteiger partial charge >= 0.3 is 0 Å². The minimum absolute atomic E-state index is 0.0272. The molecule has 0 saturated heterocycles. The zero-order chi connectivity index (χ0) is 14.5. The van der Waals surface area contributed by atoms with Gasteiger partial charge in [0.2, 0.25) is 5.91 Å². The van der Waals surface area contributed by atoms with E-state index in [-0.39, 0.29) is 11.2 Å². The summed E-state index contributed by atoms with van der Waals surface area (Å²) in [5.41, 5.74) is 3.26. The van der Waals surface area contributed by atoms with Gasteiger partial charge in [-0.15, -0.1) is 11.8 Å². The van der Waals surface area contributed by atoms with Crippen molar-refractivity contribution in [3.05, 3.63) is 59.7 Å². The topological polar surface area (TPSA) is 29.1 Å². The zero-order valence-corrected chi connectivity index (χ0v) is 12.8. The number of amides is 1. The second-order valence-corrected chi connectivity index (χ2v) is 6.34. The molecule has 0 aromatic heterocycles. The van der Waals surface area contributed by atoms with Gasteiger partial charge in [0, 0.05) is 10.6 Å². The number of nitrogens with one attached hydrogen (secondary N) is 1. The number of carbonyl (C=O) groups is 1. The Balaban J connectivity index is 1.94. The van der Waals surface area contributed by atoms with Crippen molar-refractivity contribution < 1.29 is 4.79 Å². The summed E-state index contributed by atoms with van der Waals surface area (Å²) in [4.78, 5) is 13.2. The lowest BCUT2D eigenvalue weighted by atomic mass is 10.2. The summed E-state index contributed by atoms with van der Waals surface area (Å²) < 4.78 is 0. The molecule has 2 aromatic rings. The van der Waals surface area contributed by atoms with E-state index in [0.29, 0.717) is 0 Å². The van der Waals surface area contributed by atoms with Crippen molar-refractivity contribution in [3.63, 3.8) is 0 Å². The molecule has 2 aromatic carbocycles. The quantitative estimate of drug-likeness (QED) is 0.842. The van der Waals surface area contributed by atoms with E-state index in [2.05, 4.69) is 36.5 Å². The summed E-state index contributed by atoms with van der Waals surface area (Å²) >= 11 is 1.57. The molecule has 0 spiro atoms.